The fraction of sp³-hybridized carbons (Fsp3) is 0.909. The molecule has 0 bridgehead atoms. The largest absolute Gasteiger partial charge is 0.380 e. The molecule has 0 aliphatic heterocycles. The third-order valence-electron chi connectivity index (χ3n) is 1.88. The van der Waals surface area contributed by atoms with E-state index in [4.69, 9.17) is 4.74 Å². The van der Waals surface area contributed by atoms with Crippen LogP contribution < -0.4 is 10.6 Å². The lowest BCUT2D eigenvalue weighted by Gasteiger charge is -2.09. The van der Waals surface area contributed by atoms with E-state index in [1.807, 2.05) is 13.8 Å². The number of carbonyl (C=O) groups is 1. The highest BCUT2D eigenvalue weighted by Gasteiger charge is 2.00. The summed E-state index contributed by atoms with van der Waals surface area (Å²) in [5.74, 6) is 0.0304. The maximum atomic E-state index is 11.2. The summed E-state index contributed by atoms with van der Waals surface area (Å²) < 4.78 is 5.31. The highest BCUT2D eigenvalue weighted by molar-refractivity contribution is 5.77. The van der Waals surface area contributed by atoms with Gasteiger partial charge in [-0.05, 0) is 6.42 Å². The number of ether oxygens (including phenoxy) is 1. The second-order valence-corrected chi connectivity index (χ2v) is 3.85. The summed E-state index contributed by atoms with van der Waals surface area (Å²) in [6.07, 6.45) is 2.23. The molecule has 0 spiro atoms. The highest BCUT2D eigenvalue weighted by Crippen LogP contribution is 1.86. The SMILES string of the molecule is CCCCOCCNC(=O)CNC(C)C. The summed E-state index contributed by atoms with van der Waals surface area (Å²) in [6.45, 7) is 8.53. The van der Waals surface area contributed by atoms with Gasteiger partial charge in [0.1, 0.15) is 0 Å². The average molecular weight is 216 g/mol. The first-order valence-electron chi connectivity index (χ1n) is 5.74. The molecule has 0 rings (SSSR count). The molecule has 0 aromatic heterocycles. The summed E-state index contributed by atoms with van der Waals surface area (Å²) in [4.78, 5) is 11.2. The zero-order valence-corrected chi connectivity index (χ0v) is 10.1. The van der Waals surface area contributed by atoms with Crippen LogP contribution in [0.2, 0.25) is 0 Å². The highest BCUT2D eigenvalue weighted by atomic mass is 16.5. The van der Waals surface area contributed by atoms with Crippen LogP contribution in [0.15, 0.2) is 0 Å². The molecule has 0 aromatic carbocycles. The number of unbranched alkanes of at least 4 members (excludes halogenated alkanes) is 1. The van der Waals surface area contributed by atoms with Crippen molar-refractivity contribution in [3.63, 3.8) is 0 Å². The van der Waals surface area contributed by atoms with E-state index in [9.17, 15) is 4.79 Å². The molecule has 0 aliphatic rings. The minimum Gasteiger partial charge on any atom is -0.380 e. The van der Waals surface area contributed by atoms with Gasteiger partial charge in [0.15, 0.2) is 0 Å². The first kappa shape index (κ1) is 14.4. The maximum Gasteiger partial charge on any atom is 0.234 e. The van der Waals surface area contributed by atoms with Crippen LogP contribution in [0.1, 0.15) is 33.6 Å². The smallest absolute Gasteiger partial charge is 0.234 e. The van der Waals surface area contributed by atoms with Crippen molar-refractivity contribution in [2.24, 2.45) is 0 Å². The fourth-order valence-corrected chi connectivity index (χ4v) is 0.970. The van der Waals surface area contributed by atoms with E-state index in [1.54, 1.807) is 0 Å². The van der Waals surface area contributed by atoms with Crippen LogP contribution in [0.5, 0.6) is 0 Å². The van der Waals surface area contributed by atoms with Crippen molar-refractivity contribution in [3.05, 3.63) is 0 Å². The molecular formula is C11H24N2O2. The third-order valence-corrected chi connectivity index (χ3v) is 1.88. The van der Waals surface area contributed by atoms with Gasteiger partial charge >= 0.3 is 0 Å². The van der Waals surface area contributed by atoms with Crippen molar-refractivity contribution in [2.45, 2.75) is 39.7 Å². The summed E-state index contributed by atoms with van der Waals surface area (Å²) in [5, 5.41) is 5.84. The normalized spacial score (nSPS) is 10.7. The first-order chi connectivity index (χ1) is 7.16. The molecule has 0 saturated carbocycles. The van der Waals surface area contributed by atoms with Gasteiger partial charge in [-0.15, -0.1) is 0 Å². The van der Waals surface area contributed by atoms with E-state index < -0.39 is 0 Å². The van der Waals surface area contributed by atoms with E-state index in [0.717, 1.165) is 19.4 Å². The van der Waals surface area contributed by atoms with Gasteiger partial charge in [0.05, 0.1) is 13.2 Å². The van der Waals surface area contributed by atoms with Crippen molar-refractivity contribution < 1.29 is 9.53 Å². The lowest BCUT2D eigenvalue weighted by atomic mass is 10.4. The second-order valence-electron chi connectivity index (χ2n) is 3.85. The Balaban J connectivity index is 3.17. The van der Waals surface area contributed by atoms with Gasteiger partial charge in [0.2, 0.25) is 5.91 Å². The Bertz CT molecular complexity index is 161. The Morgan fingerprint density at radius 3 is 2.67 bits per heavy atom. The summed E-state index contributed by atoms with van der Waals surface area (Å²) in [6, 6.07) is 0.344. The van der Waals surface area contributed by atoms with Gasteiger partial charge in [0, 0.05) is 19.2 Å². The van der Waals surface area contributed by atoms with Gasteiger partial charge in [-0.1, -0.05) is 27.2 Å². The molecule has 0 fully saturated rings. The molecule has 0 radical (unpaired) electrons. The molecule has 90 valence electrons. The van der Waals surface area contributed by atoms with Gasteiger partial charge in [0.25, 0.3) is 0 Å². The molecule has 0 unspecified atom stereocenters. The number of nitrogens with one attached hydrogen (secondary N) is 2. The van der Waals surface area contributed by atoms with Crippen molar-refractivity contribution in [1.29, 1.82) is 0 Å². The Kier molecular flexibility index (Phi) is 9.52. The van der Waals surface area contributed by atoms with E-state index in [2.05, 4.69) is 17.6 Å². The first-order valence-corrected chi connectivity index (χ1v) is 5.74. The number of amides is 1. The minimum atomic E-state index is 0.0304. The number of carbonyl (C=O) groups excluding carboxylic acids is 1. The molecular weight excluding hydrogens is 192 g/mol. The quantitative estimate of drug-likeness (QED) is 0.563. The van der Waals surface area contributed by atoms with Crippen LogP contribution >= 0.6 is 0 Å². The Morgan fingerprint density at radius 2 is 2.07 bits per heavy atom. The monoisotopic (exact) mass is 216 g/mol. The van der Waals surface area contributed by atoms with Crippen LogP contribution in [0.4, 0.5) is 0 Å². The molecule has 0 saturated heterocycles. The predicted octanol–water partition coefficient (Wildman–Crippen LogP) is 0.917. The fourth-order valence-electron chi connectivity index (χ4n) is 0.970. The zero-order chi connectivity index (χ0) is 11.5. The predicted molar refractivity (Wildman–Crippen MR) is 61.9 cm³/mol. The van der Waals surface area contributed by atoms with Gasteiger partial charge in [-0.25, -0.2) is 0 Å². The van der Waals surface area contributed by atoms with E-state index >= 15 is 0 Å². The van der Waals surface area contributed by atoms with Crippen LogP contribution in [-0.2, 0) is 9.53 Å². The van der Waals surface area contributed by atoms with E-state index in [0.29, 0.717) is 25.7 Å². The van der Waals surface area contributed by atoms with E-state index in [1.165, 1.54) is 0 Å². The number of hydrogen-bond donors (Lipinski definition) is 2. The molecule has 4 heteroatoms. The number of hydrogen-bond acceptors (Lipinski definition) is 3. The Morgan fingerprint density at radius 1 is 1.33 bits per heavy atom. The van der Waals surface area contributed by atoms with Crippen LogP contribution in [0, 0.1) is 0 Å². The van der Waals surface area contributed by atoms with E-state index in [-0.39, 0.29) is 5.91 Å². The zero-order valence-electron chi connectivity index (χ0n) is 10.1. The minimum absolute atomic E-state index is 0.0304. The molecule has 2 N–H and O–H groups in total. The Hall–Kier alpha value is -0.610. The summed E-state index contributed by atoms with van der Waals surface area (Å²) in [5.41, 5.74) is 0. The van der Waals surface area contributed by atoms with Gasteiger partial charge in [-0.3, -0.25) is 4.79 Å². The molecule has 15 heavy (non-hydrogen) atoms. The number of rotatable bonds is 9. The Labute approximate surface area is 92.8 Å². The van der Waals surface area contributed by atoms with Gasteiger partial charge < -0.3 is 15.4 Å². The lowest BCUT2D eigenvalue weighted by molar-refractivity contribution is -0.120. The topological polar surface area (TPSA) is 50.4 Å². The van der Waals surface area contributed by atoms with Crippen molar-refractivity contribution in [3.8, 4) is 0 Å². The molecule has 0 aromatic rings. The van der Waals surface area contributed by atoms with Crippen molar-refractivity contribution in [1.82, 2.24) is 10.6 Å². The van der Waals surface area contributed by atoms with Gasteiger partial charge in [-0.2, -0.15) is 0 Å². The van der Waals surface area contributed by atoms with Crippen LogP contribution in [0.25, 0.3) is 0 Å². The second kappa shape index (κ2) is 9.93. The third kappa shape index (κ3) is 11.3. The summed E-state index contributed by atoms with van der Waals surface area (Å²) in [7, 11) is 0. The van der Waals surface area contributed by atoms with Crippen molar-refractivity contribution in [2.75, 3.05) is 26.3 Å². The standard InChI is InChI=1S/C11H24N2O2/c1-4-5-7-15-8-6-12-11(14)9-13-10(2)3/h10,13H,4-9H2,1-3H3,(H,12,14). The van der Waals surface area contributed by atoms with Crippen LogP contribution in [-0.4, -0.2) is 38.3 Å². The molecule has 0 heterocycles. The van der Waals surface area contributed by atoms with Crippen molar-refractivity contribution >= 4 is 5.91 Å². The van der Waals surface area contributed by atoms with Crippen LogP contribution in [0.3, 0.4) is 0 Å². The molecule has 4 nitrogen and oxygen atoms in total. The average Bonchev–Trinajstić information content (AvgIpc) is 2.20. The lowest BCUT2D eigenvalue weighted by Crippen LogP contribution is -2.38. The molecule has 1 amide bonds. The molecule has 0 atom stereocenters. The molecule has 0 aliphatic carbocycles. The maximum absolute atomic E-state index is 11.2. The summed E-state index contributed by atoms with van der Waals surface area (Å²) >= 11 is 0.